The van der Waals surface area contributed by atoms with Crippen molar-refractivity contribution in [2.24, 2.45) is 0 Å². The molecule has 1 N–H and O–H groups in total. The lowest BCUT2D eigenvalue weighted by Crippen LogP contribution is -2.12. The van der Waals surface area contributed by atoms with Gasteiger partial charge in [0.05, 0.1) is 18.5 Å². The standard InChI is InChI=1S/C15H18BrN3O/c1-19(2)14-6-5-12(16)8-13(14)17-9-11-4-7-15(20-3)18-10-11/h4-8,10,17H,9H2,1-3H3. The van der Waals surface area contributed by atoms with Gasteiger partial charge in [-0.25, -0.2) is 4.98 Å². The number of hydrogen-bond acceptors (Lipinski definition) is 4. The molecule has 1 heterocycles. The van der Waals surface area contributed by atoms with E-state index in [0.717, 1.165) is 21.4 Å². The Morgan fingerprint density at radius 3 is 2.65 bits per heavy atom. The van der Waals surface area contributed by atoms with Crippen LogP contribution in [0.3, 0.4) is 0 Å². The van der Waals surface area contributed by atoms with E-state index < -0.39 is 0 Å². The van der Waals surface area contributed by atoms with Crippen molar-refractivity contribution in [3.8, 4) is 5.88 Å². The Kier molecular flexibility index (Phi) is 4.84. The number of rotatable bonds is 5. The molecule has 0 saturated heterocycles. The lowest BCUT2D eigenvalue weighted by Gasteiger charge is -2.19. The Morgan fingerprint density at radius 1 is 1.25 bits per heavy atom. The number of nitrogens with zero attached hydrogens (tertiary/aromatic N) is 2. The first-order chi connectivity index (χ1) is 9.60. The summed E-state index contributed by atoms with van der Waals surface area (Å²) in [6.45, 7) is 0.717. The van der Waals surface area contributed by atoms with Gasteiger partial charge in [-0.2, -0.15) is 0 Å². The molecule has 4 nitrogen and oxygen atoms in total. The van der Waals surface area contributed by atoms with Crippen LogP contribution in [0.2, 0.25) is 0 Å². The van der Waals surface area contributed by atoms with Gasteiger partial charge in [0.15, 0.2) is 0 Å². The minimum Gasteiger partial charge on any atom is -0.481 e. The summed E-state index contributed by atoms with van der Waals surface area (Å²) in [5, 5.41) is 3.44. The minimum absolute atomic E-state index is 0.630. The number of halogens is 1. The van der Waals surface area contributed by atoms with Crippen LogP contribution < -0.4 is 15.0 Å². The molecule has 0 bridgehead atoms. The first kappa shape index (κ1) is 14.7. The van der Waals surface area contributed by atoms with Crippen LogP contribution in [-0.4, -0.2) is 26.2 Å². The number of hydrogen-bond donors (Lipinski definition) is 1. The van der Waals surface area contributed by atoms with Gasteiger partial charge in [0, 0.05) is 37.4 Å². The number of benzene rings is 1. The van der Waals surface area contributed by atoms with E-state index >= 15 is 0 Å². The number of ether oxygens (including phenoxy) is 1. The number of anilines is 2. The van der Waals surface area contributed by atoms with E-state index in [9.17, 15) is 0 Å². The van der Waals surface area contributed by atoms with Gasteiger partial charge in [-0.05, 0) is 23.8 Å². The van der Waals surface area contributed by atoms with Gasteiger partial charge in [0.2, 0.25) is 5.88 Å². The van der Waals surface area contributed by atoms with Crippen molar-refractivity contribution < 1.29 is 4.74 Å². The summed E-state index contributed by atoms with van der Waals surface area (Å²) in [5.74, 6) is 0.630. The highest BCUT2D eigenvalue weighted by atomic mass is 79.9. The smallest absolute Gasteiger partial charge is 0.212 e. The van der Waals surface area contributed by atoms with E-state index in [1.807, 2.05) is 38.5 Å². The summed E-state index contributed by atoms with van der Waals surface area (Å²) < 4.78 is 6.11. The molecule has 2 aromatic rings. The number of methoxy groups -OCH3 is 1. The quantitative estimate of drug-likeness (QED) is 0.906. The van der Waals surface area contributed by atoms with E-state index in [0.29, 0.717) is 12.4 Å². The molecule has 0 unspecified atom stereocenters. The van der Waals surface area contributed by atoms with Crippen LogP contribution >= 0.6 is 15.9 Å². The Bertz CT molecular complexity index is 570. The average molecular weight is 336 g/mol. The van der Waals surface area contributed by atoms with Gasteiger partial charge in [-0.1, -0.05) is 22.0 Å². The number of nitrogens with one attached hydrogen (secondary N) is 1. The third-order valence-electron chi connectivity index (χ3n) is 2.93. The highest BCUT2D eigenvalue weighted by Crippen LogP contribution is 2.28. The van der Waals surface area contributed by atoms with E-state index in [4.69, 9.17) is 4.74 Å². The van der Waals surface area contributed by atoms with Crippen LogP contribution in [-0.2, 0) is 6.54 Å². The summed E-state index contributed by atoms with van der Waals surface area (Å²) >= 11 is 3.50. The van der Waals surface area contributed by atoms with Gasteiger partial charge < -0.3 is 15.0 Å². The van der Waals surface area contributed by atoms with Crippen LogP contribution in [0.25, 0.3) is 0 Å². The zero-order valence-corrected chi connectivity index (χ0v) is 13.4. The van der Waals surface area contributed by atoms with Crippen molar-refractivity contribution in [3.05, 3.63) is 46.6 Å². The molecule has 20 heavy (non-hydrogen) atoms. The highest BCUT2D eigenvalue weighted by molar-refractivity contribution is 9.10. The monoisotopic (exact) mass is 335 g/mol. The molecule has 0 aliphatic heterocycles. The van der Waals surface area contributed by atoms with Crippen LogP contribution in [0.15, 0.2) is 41.0 Å². The predicted octanol–water partition coefficient (Wildman–Crippen LogP) is 3.53. The Morgan fingerprint density at radius 2 is 2.05 bits per heavy atom. The van der Waals surface area contributed by atoms with Crippen molar-refractivity contribution in [2.45, 2.75) is 6.54 Å². The molecule has 0 atom stereocenters. The second-order valence-corrected chi connectivity index (χ2v) is 5.53. The molecule has 1 aromatic heterocycles. The molecule has 2 rings (SSSR count). The zero-order valence-electron chi connectivity index (χ0n) is 11.9. The fourth-order valence-corrected chi connectivity index (χ4v) is 2.23. The molecule has 5 heteroatoms. The van der Waals surface area contributed by atoms with Gasteiger partial charge in [-0.3, -0.25) is 0 Å². The first-order valence-corrected chi connectivity index (χ1v) is 7.09. The first-order valence-electron chi connectivity index (χ1n) is 6.30. The van der Waals surface area contributed by atoms with Crippen LogP contribution in [0.5, 0.6) is 5.88 Å². The maximum absolute atomic E-state index is 5.05. The Balaban J connectivity index is 2.11. The summed E-state index contributed by atoms with van der Waals surface area (Å²) in [7, 11) is 5.68. The van der Waals surface area contributed by atoms with Crippen molar-refractivity contribution in [1.29, 1.82) is 0 Å². The largest absolute Gasteiger partial charge is 0.481 e. The van der Waals surface area contributed by atoms with Crippen LogP contribution in [0.1, 0.15) is 5.56 Å². The second-order valence-electron chi connectivity index (χ2n) is 4.62. The molecule has 0 radical (unpaired) electrons. The van der Waals surface area contributed by atoms with Crippen molar-refractivity contribution >= 4 is 27.3 Å². The molecule has 1 aromatic carbocycles. The highest BCUT2D eigenvalue weighted by Gasteiger charge is 2.05. The molecule has 0 amide bonds. The fraction of sp³-hybridized carbons (Fsp3) is 0.267. The number of pyridine rings is 1. The van der Waals surface area contributed by atoms with E-state index in [2.05, 4.69) is 43.3 Å². The van der Waals surface area contributed by atoms with Crippen molar-refractivity contribution in [2.75, 3.05) is 31.4 Å². The summed E-state index contributed by atoms with van der Waals surface area (Å²) in [6, 6.07) is 10.1. The SMILES string of the molecule is COc1ccc(CNc2cc(Br)ccc2N(C)C)cn1. The molecule has 0 spiro atoms. The van der Waals surface area contributed by atoms with Crippen molar-refractivity contribution in [3.63, 3.8) is 0 Å². The van der Waals surface area contributed by atoms with E-state index in [1.54, 1.807) is 7.11 Å². The van der Waals surface area contributed by atoms with Crippen molar-refractivity contribution in [1.82, 2.24) is 4.98 Å². The van der Waals surface area contributed by atoms with Gasteiger partial charge >= 0.3 is 0 Å². The molecular formula is C15H18BrN3O. The summed E-state index contributed by atoms with van der Waals surface area (Å²) in [4.78, 5) is 6.29. The molecule has 0 aliphatic rings. The van der Waals surface area contributed by atoms with E-state index in [-0.39, 0.29) is 0 Å². The maximum Gasteiger partial charge on any atom is 0.212 e. The predicted molar refractivity (Wildman–Crippen MR) is 86.6 cm³/mol. The third-order valence-corrected chi connectivity index (χ3v) is 3.42. The fourth-order valence-electron chi connectivity index (χ4n) is 1.87. The normalized spacial score (nSPS) is 10.2. The van der Waals surface area contributed by atoms with Gasteiger partial charge in [0.25, 0.3) is 0 Å². The molecule has 106 valence electrons. The Hall–Kier alpha value is -1.75. The summed E-state index contributed by atoms with van der Waals surface area (Å²) in [6.07, 6.45) is 1.82. The zero-order chi connectivity index (χ0) is 14.5. The van der Waals surface area contributed by atoms with Crippen LogP contribution in [0.4, 0.5) is 11.4 Å². The lowest BCUT2D eigenvalue weighted by molar-refractivity contribution is 0.397. The lowest BCUT2D eigenvalue weighted by atomic mass is 10.2. The van der Waals surface area contributed by atoms with Crippen LogP contribution in [0, 0.1) is 0 Å². The molecular weight excluding hydrogens is 318 g/mol. The summed E-state index contributed by atoms with van der Waals surface area (Å²) in [5.41, 5.74) is 3.34. The molecule has 0 saturated carbocycles. The Labute approximate surface area is 127 Å². The number of aromatic nitrogens is 1. The average Bonchev–Trinajstić information content (AvgIpc) is 2.45. The third kappa shape index (κ3) is 3.63. The molecule has 0 aliphatic carbocycles. The van der Waals surface area contributed by atoms with Gasteiger partial charge in [-0.15, -0.1) is 0 Å². The van der Waals surface area contributed by atoms with Gasteiger partial charge in [0.1, 0.15) is 0 Å². The minimum atomic E-state index is 0.630. The van der Waals surface area contributed by atoms with E-state index in [1.165, 1.54) is 0 Å². The second kappa shape index (κ2) is 6.61. The maximum atomic E-state index is 5.05. The molecule has 0 fully saturated rings. The topological polar surface area (TPSA) is 37.4 Å².